The van der Waals surface area contributed by atoms with Gasteiger partial charge in [0.15, 0.2) is 0 Å². The van der Waals surface area contributed by atoms with Gasteiger partial charge in [-0.25, -0.2) is 4.98 Å². The van der Waals surface area contributed by atoms with E-state index in [9.17, 15) is 4.79 Å². The van der Waals surface area contributed by atoms with Crippen LogP contribution in [0.2, 0.25) is 0 Å². The Bertz CT molecular complexity index is 677. The van der Waals surface area contributed by atoms with Crippen LogP contribution >= 0.6 is 11.8 Å². The molecule has 1 N–H and O–H groups in total. The number of hydrogen-bond donors (Lipinski definition) is 1. The van der Waals surface area contributed by atoms with Crippen LogP contribution in [0.15, 0.2) is 47.6 Å². The van der Waals surface area contributed by atoms with E-state index < -0.39 is 0 Å². The zero-order valence-corrected chi connectivity index (χ0v) is 13.2. The highest BCUT2D eigenvalue weighted by atomic mass is 32.2. The van der Waals surface area contributed by atoms with Crippen molar-refractivity contribution in [2.75, 3.05) is 5.75 Å². The number of benzene rings is 1. The van der Waals surface area contributed by atoms with Gasteiger partial charge in [-0.2, -0.15) is 5.26 Å². The number of nitriles is 1. The fourth-order valence-electron chi connectivity index (χ4n) is 1.87. The number of pyridine rings is 1. The summed E-state index contributed by atoms with van der Waals surface area (Å²) in [7, 11) is 0. The number of nitrogens with one attached hydrogen (secondary N) is 1. The molecule has 0 aliphatic carbocycles. The maximum atomic E-state index is 11.9. The second-order valence-electron chi connectivity index (χ2n) is 4.70. The molecule has 0 saturated heterocycles. The minimum atomic E-state index is -0.0703. The van der Waals surface area contributed by atoms with E-state index in [1.807, 2.05) is 12.1 Å². The zero-order chi connectivity index (χ0) is 15.8. The Morgan fingerprint density at radius 1 is 1.27 bits per heavy atom. The summed E-state index contributed by atoms with van der Waals surface area (Å²) in [5.74, 6) is 0.178. The van der Waals surface area contributed by atoms with Gasteiger partial charge in [-0.05, 0) is 29.7 Å². The Kier molecular flexibility index (Phi) is 5.99. The quantitative estimate of drug-likeness (QED) is 0.833. The van der Waals surface area contributed by atoms with Gasteiger partial charge in [0.05, 0.1) is 11.3 Å². The number of thioether (sulfide) groups is 1. The van der Waals surface area contributed by atoms with Crippen molar-refractivity contribution in [3.8, 4) is 6.07 Å². The predicted molar refractivity (Wildman–Crippen MR) is 87.3 cm³/mol. The average Bonchev–Trinajstić information content (AvgIpc) is 2.58. The van der Waals surface area contributed by atoms with Gasteiger partial charge < -0.3 is 5.32 Å². The SMILES string of the molecule is CCc1ccc(CNC(=O)CSc2ncccc2C#N)cc1. The first kappa shape index (κ1) is 16.1. The van der Waals surface area contributed by atoms with Crippen LogP contribution in [-0.4, -0.2) is 16.6 Å². The predicted octanol–water partition coefficient (Wildman–Crippen LogP) is 2.92. The molecule has 1 amide bonds. The number of aryl methyl sites for hydroxylation is 1. The number of hydrogen-bond acceptors (Lipinski definition) is 4. The van der Waals surface area contributed by atoms with Crippen LogP contribution in [0.25, 0.3) is 0 Å². The highest BCUT2D eigenvalue weighted by Crippen LogP contribution is 2.18. The third kappa shape index (κ3) is 4.61. The third-order valence-electron chi connectivity index (χ3n) is 3.15. The number of carbonyl (C=O) groups excluding carboxylic acids is 1. The number of nitrogens with zero attached hydrogens (tertiary/aromatic N) is 2. The molecule has 0 saturated carbocycles. The van der Waals surface area contributed by atoms with Crippen molar-refractivity contribution in [1.82, 2.24) is 10.3 Å². The molecule has 4 nitrogen and oxygen atoms in total. The van der Waals surface area contributed by atoms with Crippen LogP contribution in [0.3, 0.4) is 0 Å². The Morgan fingerprint density at radius 3 is 2.68 bits per heavy atom. The topological polar surface area (TPSA) is 65.8 Å². The Morgan fingerprint density at radius 2 is 2.00 bits per heavy atom. The summed E-state index contributed by atoms with van der Waals surface area (Å²) in [5.41, 5.74) is 2.85. The average molecular weight is 311 g/mol. The molecule has 22 heavy (non-hydrogen) atoms. The summed E-state index contributed by atoms with van der Waals surface area (Å²) >= 11 is 1.28. The van der Waals surface area contributed by atoms with Crippen LogP contribution in [0.5, 0.6) is 0 Å². The van der Waals surface area contributed by atoms with Crippen molar-refractivity contribution in [3.05, 3.63) is 59.3 Å². The molecule has 0 atom stereocenters. The van der Waals surface area contributed by atoms with Crippen molar-refractivity contribution < 1.29 is 4.79 Å². The molecule has 0 aliphatic rings. The Hall–Kier alpha value is -2.32. The van der Waals surface area contributed by atoms with E-state index in [-0.39, 0.29) is 11.7 Å². The molecular formula is C17H17N3OS. The summed E-state index contributed by atoms with van der Waals surface area (Å²) in [6.45, 7) is 2.62. The number of amides is 1. The highest BCUT2D eigenvalue weighted by Gasteiger charge is 2.07. The lowest BCUT2D eigenvalue weighted by molar-refractivity contribution is -0.118. The molecular weight excluding hydrogens is 294 g/mol. The number of carbonyl (C=O) groups is 1. The van der Waals surface area contributed by atoms with Crippen LogP contribution in [-0.2, 0) is 17.8 Å². The van der Waals surface area contributed by atoms with Crippen molar-refractivity contribution in [1.29, 1.82) is 5.26 Å². The van der Waals surface area contributed by atoms with Crippen LogP contribution in [0, 0.1) is 11.3 Å². The van der Waals surface area contributed by atoms with Gasteiger partial charge in [0.2, 0.25) is 5.91 Å². The fraction of sp³-hybridized carbons (Fsp3) is 0.235. The van der Waals surface area contributed by atoms with Gasteiger partial charge in [-0.1, -0.05) is 43.0 Å². The number of rotatable bonds is 6. The van der Waals surface area contributed by atoms with E-state index in [4.69, 9.17) is 5.26 Å². The van der Waals surface area contributed by atoms with Crippen LogP contribution < -0.4 is 5.32 Å². The van der Waals surface area contributed by atoms with E-state index in [2.05, 4.69) is 35.4 Å². The van der Waals surface area contributed by atoms with Gasteiger partial charge in [0.25, 0.3) is 0 Å². The van der Waals surface area contributed by atoms with Crippen LogP contribution in [0.1, 0.15) is 23.6 Å². The first-order valence-corrected chi connectivity index (χ1v) is 8.04. The standard InChI is InChI=1S/C17H17N3OS/c1-2-13-5-7-14(8-6-13)11-20-16(21)12-22-17-15(10-18)4-3-9-19-17/h3-9H,2,11-12H2,1H3,(H,20,21). The van der Waals surface area contributed by atoms with Gasteiger partial charge in [-0.15, -0.1) is 0 Å². The van der Waals surface area contributed by atoms with E-state index in [0.29, 0.717) is 17.1 Å². The van der Waals surface area contributed by atoms with Crippen molar-refractivity contribution in [3.63, 3.8) is 0 Å². The highest BCUT2D eigenvalue weighted by molar-refractivity contribution is 7.99. The molecule has 0 unspecified atom stereocenters. The van der Waals surface area contributed by atoms with Gasteiger partial charge in [0, 0.05) is 12.7 Å². The summed E-state index contributed by atoms with van der Waals surface area (Å²) in [4.78, 5) is 16.0. The molecule has 0 spiro atoms. The summed E-state index contributed by atoms with van der Waals surface area (Å²) in [5, 5.41) is 12.4. The molecule has 1 heterocycles. The molecule has 2 rings (SSSR count). The molecule has 0 bridgehead atoms. The molecule has 112 valence electrons. The molecule has 0 fully saturated rings. The Balaban J connectivity index is 1.81. The smallest absolute Gasteiger partial charge is 0.230 e. The first-order chi connectivity index (χ1) is 10.7. The molecule has 0 radical (unpaired) electrons. The molecule has 5 heteroatoms. The normalized spacial score (nSPS) is 10.0. The Labute approximate surface area is 134 Å². The van der Waals surface area contributed by atoms with Crippen molar-refractivity contribution >= 4 is 17.7 Å². The van der Waals surface area contributed by atoms with Gasteiger partial charge in [0.1, 0.15) is 11.1 Å². The molecule has 1 aromatic heterocycles. The zero-order valence-electron chi connectivity index (χ0n) is 12.4. The van der Waals surface area contributed by atoms with Gasteiger partial charge in [-0.3, -0.25) is 4.79 Å². The lowest BCUT2D eigenvalue weighted by Gasteiger charge is -2.06. The summed E-state index contributed by atoms with van der Waals surface area (Å²) in [6.07, 6.45) is 2.63. The summed E-state index contributed by atoms with van der Waals surface area (Å²) in [6, 6.07) is 13.7. The monoisotopic (exact) mass is 311 g/mol. The molecule has 0 aliphatic heterocycles. The van der Waals surface area contributed by atoms with E-state index >= 15 is 0 Å². The molecule has 2 aromatic rings. The molecule has 1 aromatic carbocycles. The van der Waals surface area contributed by atoms with Crippen molar-refractivity contribution in [2.45, 2.75) is 24.9 Å². The van der Waals surface area contributed by atoms with Crippen molar-refractivity contribution in [2.24, 2.45) is 0 Å². The second kappa shape index (κ2) is 8.20. The van der Waals surface area contributed by atoms with Gasteiger partial charge >= 0.3 is 0 Å². The maximum Gasteiger partial charge on any atom is 0.230 e. The largest absolute Gasteiger partial charge is 0.351 e. The summed E-state index contributed by atoms with van der Waals surface area (Å²) < 4.78 is 0. The van der Waals surface area contributed by atoms with E-state index in [1.54, 1.807) is 18.3 Å². The third-order valence-corrected chi connectivity index (χ3v) is 4.16. The fourth-order valence-corrected chi connectivity index (χ4v) is 2.64. The maximum absolute atomic E-state index is 11.9. The van der Waals surface area contributed by atoms with E-state index in [1.165, 1.54) is 17.3 Å². The minimum absolute atomic E-state index is 0.0703. The first-order valence-electron chi connectivity index (χ1n) is 7.05. The minimum Gasteiger partial charge on any atom is -0.351 e. The van der Waals surface area contributed by atoms with Crippen LogP contribution in [0.4, 0.5) is 0 Å². The van der Waals surface area contributed by atoms with E-state index in [0.717, 1.165) is 12.0 Å². The lowest BCUT2D eigenvalue weighted by atomic mass is 10.1. The lowest BCUT2D eigenvalue weighted by Crippen LogP contribution is -2.24. The number of aromatic nitrogens is 1. The second-order valence-corrected chi connectivity index (χ2v) is 5.67.